The molecule has 2 aromatic rings. The maximum absolute atomic E-state index is 12.9. The number of hydrogen-bond donors (Lipinski definition) is 1. The number of carboxylic acid groups (broad SMARTS) is 1. The Kier molecular flexibility index (Phi) is 4.41. The number of carbonyl (C=O) groups is 2. The topological polar surface area (TPSA) is 84.1 Å². The molecule has 0 aliphatic carbocycles. The maximum atomic E-state index is 12.9. The number of nitrogens with zero attached hydrogens (tertiary/aromatic N) is 3. The zero-order chi connectivity index (χ0) is 19.2. The van der Waals surface area contributed by atoms with E-state index < -0.39 is 29.5 Å². The molecule has 7 nitrogen and oxygen atoms in total. The molecule has 0 radical (unpaired) electrons. The van der Waals surface area contributed by atoms with E-state index in [1.54, 1.807) is 20.8 Å². The van der Waals surface area contributed by atoms with Crippen LogP contribution < -0.4 is 4.90 Å². The van der Waals surface area contributed by atoms with Gasteiger partial charge in [0.2, 0.25) is 0 Å². The van der Waals surface area contributed by atoms with Crippen molar-refractivity contribution in [3.8, 4) is 0 Å². The molecule has 0 saturated carbocycles. The van der Waals surface area contributed by atoms with Gasteiger partial charge in [0.25, 0.3) is 0 Å². The summed E-state index contributed by atoms with van der Waals surface area (Å²) in [5, 5.41) is 12.6. The summed E-state index contributed by atoms with van der Waals surface area (Å²) >= 11 is 0. The van der Waals surface area contributed by atoms with Crippen molar-refractivity contribution in [1.29, 1.82) is 0 Å². The van der Waals surface area contributed by atoms with E-state index in [1.165, 1.54) is 13.1 Å². The van der Waals surface area contributed by atoms with E-state index in [0.29, 0.717) is 6.07 Å². The Bertz CT molecular complexity index is 837. The van der Waals surface area contributed by atoms with Crippen molar-refractivity contribution in [1.82, 2.24) is 9.61 Å². The molecule has 0 atom stereocenters. The van der Waals surface area contributed by atoms with Gasteiger partial charge >= 0.3 is 18.2 Å². The highest BCUT2D eigenvalue weighted by Gasteiger charge is 2.35. The average molecular weight is 359 g/mol. The smallest absolute Gasteiger partial charge is 0.435 e. The summed E-state index contributed by atoms with van der Waals surface area (Å²) in [6.07, 6.45) is -5.58. The molecule has 0 bridgehead atoms. The Balaban J connectivity index is 2.61. The monoisotopic (exact) mass is 359 g/mol. The Hall–Kier alpha value is -2.78. The van der Waals surface area contributed by atoms with Crippen LogP contribution in [-0.4, -0.2) is 39.4 Å². The molecule has 2 aromatic heterocycles. The number of aromatic carboxylic acids is 1. The number of alkyl halides is 3. The Labute approximate surface area is 140 Å². The van der Waals surface area contributed by atoms with Crippen LogP contribution in [0.3, 0.4) is 0 Å². The highest BCUT2D eigenvalue weighted by atomic mass is 19.4. The van der Waals surface area contributed by atoms with Crippen LogP contribution in [0.15, 0.2) is 18.2 Å². The van der Waals surface area contributed by atoms with Gasteiger partial charge in [-0.15, -0.1) is 0 Å². The zero-order valence-corrected chi connectivity index (χ0v) is 13.9. The van der Waals surface area contributed by atoms with Crippen molar-refractivity contribution < 1.29 is 32.6 Å². The minimum Gasteiger partial charge on any atom is -0.478 e. The number of rotatable bonds is 2. The van der Waals surface area contributed by atoms with Gasteiger partial charge < -0.3 is 9.84 Å². The lowest BCUT2D eigenvalue weighted by Crippen LogP contribution is -2.35. The lowest BCUT2D eigenvalue weighted by molar-refractivity contribution is -0.141. The van der Waals surface area contributed by atoms with E-state index in [2.05, 4.69) is 5.10 Å². The van der Waals surface area contributed by atoms with Gasteiger partial charge in [0.1, 0.15) is 11.4 Å². The second-order valence-electron chi connectivity index (χ2n) is 6.27. The first-order valence-corrected chi connectivity index (χ1v) is 7.11. The van der Waals surface area contributed by atoms with Gasteiger partial charge in [0.15, 0.2) is 5.69 Å². The summed E-state index contributed by atoms with van der Waals surface area (Å²) in [4.78, 5) is 24.4. The fraction of sp³-hybridized carbons (Fsp3) is 0.400. The van der Waals surface area contributed by atoms with Crippen LogP contribution in [-0.2, 0) is 10.9 Å². The largest absolute Gasteiger partial charge is 0.478 e. The number of halogens is 3. The summed E-state index contributed by atoms with van der Waals surface area (Å²) in [7, 11) is 1.29. The van der Waals surface area contributed by atoms with E-state index in [1.807, 2.05) is 0 Å². The van der Waals surface area contributed by atoms with Gasteiger partial charge in [-0.2, -0.15) is 18.3 Å². The predicted octanol–water partition coefficient (Wildman–Crippen LogP) is 3.42. The Morgan fingerprint density at radius 1 is 1.24 bits per heavy atom. The van der Waals surface area contributed by atoms with Crippen LogP contribution in [0.2, 0.25) is 0 Å². The van der Waals surface area contributed by atoms with Crippen LogP contribution in [0.4, 0.5) is 23.8 Å². The molecule has 0 saturated heterocycles. The third kappa shape index (κ3) is 3.83. The second kappa shape index (κ2) is 5.94. The van der Waals surface area contributed by atoms with Crippen LogP contribution >= 0.6 is 0 Å². The summed E-state index contributed by atoms with van der Waals surface area (Å²) in [6, 6.07) is 2.92. The molecule has 25 heavy (non-hydrogen) atoms. The molecule has 1 N–H and O–H groups in total. The summed E-state index contributed by atoms with van der Waals surface area (Å²) < 4.78 is 44.8. The lowest BCUT2D eigenvalue weighted by atomic mass is 10.2. The highest BCUT2D eigenvalue weighted by Crippen LogP contribution is 2.31. The van der Waals surface area contributed by atoms with Gasteiger partial charge in [0, 0.05) is 7.05 Å². The van der Waals surface area contributed by atoms with E-state index in [9.17, 15) is 22.8 Å². The molecule has 1 amide bonds. The van der Waals surface area contributed by atoms with Crippen molar-refractivity contribution in [2.75, 3.05) is 11.9 Å². The fourth-order valence-electron chi connectivity index (χ4n) is 2.06. The molecular formula is C15H16F3N3O4. The summed E-state index contributed by atoms with van der Waals surface area (Å²) in [6.45, 7) is 4.91. The van der Waals surface area contributed by atoms with Gasteiger partial charge in [-0.3, -0.25) is 4.90 Å². The van der Waals surface area contributed by atoms with Crippen molar-refractivity contribution in [3.05, 3.63) is 29.5 Å². The number of hydrogen-bond acceptors (Lipinski definition) is 4. The Morgan fingerprint density at radius 3 is 2.32 bits per heavy atom. The molecular weight excluding hydrogens is 343 g/mol. The summed E-state index contributed by atoms with van der Waals surface area (Å²) in [5.41, 5.74) is -2.73. The van der Waals surface area contributed by atoms with Crippen molar-refractivity contribution in [3.63, 3.8) is 0 Å². The summed E-state index contributed by atoms with van der Waals surface area (Å²) in [5.74, 6) is -1.48. The molecule has 0 unspecified atom stereocenters. The SMILES string of the molecule is CN(C(=O)OC(C)(C)C)c1ccc(C(=O)O)c2cc(C(F)(F)F)nn12. The predicted molar refractivity (Wildman–Crippen MR) is 81.8 cm³/mol. The quantitative estimate of drug-likeness (QED) is 0.888. The molecule has 0 aliphatic heterocycles. The number of ether oxygens (including phenoxy) is 1. The molecule has 0 spiro atoms. The molecule has 2 heterocycles. The van der Waals surface area contributed by atoms with Crippen LogP contribution in [0.25, 0.3) is 5.52 Å². The van der Waals surface area contributed by atoms with E-state index >= 15 is 0 Å². The molecule has 0 fully saturated rings. The lowest BCUT2D eigenvalue weighted by Gasteiger charge is -2.25. The van der Waals surface area contributed by atoms with E-state index in [4.69, 9.17) is 9.84 Å². The first-order valence-electron chi connectivity index (χ1n) is 7.11. The standard InChI is InChI=1S/C15H16F3N3O4/c1-14(2,3)25-13(24)20(4)11-6-5-8(12(22)23)9-7-10(15(16,17)18)19-21(9)11/h5-7H,1-4H3,(H,22,23). The first kappa shape index (κ1) is 18.6. The third-order valence-corrected chi connectivity index (χ3v) is 3.13. The number of anilines is 1. The van der Waals surface area contributed by atoms with Crippen molar-refractivity contribution in [2.24, 2.45) is 0 Å². The zero-order valence-electron chi connectivity index (χ0n) is 13.9. The molecule has 10 heteroatoms. The molecule has 0 aliphatic rings. The van der Waals surface area contributed by atoms with Gasteiger partial charge in [-0.1, -0.05) is 0 Å². The maximum Gasteiger partial charge on any atom is 0.435 e. The minimum atomic E-state index is -4.76. The normalized spacial score (nSPS) is 12.3. The number of amides is 1. The Morgan fingerprint density at radius 2 is 1.84 bits per heavy atom. The van der Waals surface area contributed by atoms with Gasteiger partial charge in [-0.25, -0.2) is 14.1 Å². The number of carbonyl (C=O) groups excluding carboxylic acids is 1. The number of pyridine rings is 1. The van der Waals surface area contributed by atoms with Crippen molar-refractivity contribution >= 4 is 23.4 Å². The number of aromatic nitrogens is 2. The van der Waals surface area contributed by atoms with Crippen LogP contribution in [0.1, 0.15) is 36.8 Å². The average Bonchev–Trinajstić information content (AvgIpc) is 2.88. The van der Waals surface area contributed by atoms with Crippen molar-refractivity contribution in [2.45, 2.75) is 32.5 Å². The number of carboxylic acids is 1. The third-order valence-electron chi connectivity index (χ3n) is 3.13. The highest BCUT2D eigenvalue weighted by molar-refractivity contribution is 5.97. The molecule has 136 valence electrons. The molecule has 2 rings (SSSR count). The van der Waals surface area contributed by atoms with E-state index in [0.717, 1.165) is 15.5 Å². The van der Waals surface area contributed by atoms with Gasteiger partial charge in [0.05, 0.1) is 11.1 Å². The molecule has 0 aromatic carbocycles. The van der Waals surface area contributed by atoms with E-state index in [-0.39, 0.29) is 16.9 Å². The van der Waals surface area contributed by atoms with Crippen LogP contribution in [0, 0.1) is 0 Å². The number of fused-ring (bicyclic) bond motifs is 1. The minimum absolute atomic E-state index is 0.0650. The van der Waals surface area contributed by atoms with Gasteiger partial charge in [-0.05, 0) is 39.0 Å². The fourth-order valence-corrected chi connectivity index (χ4v) is 2.06. The first-order chi connectivity index (χ1) is 11.3. The van der Waals surface area contributed by atoms with Crippen LogP contribution in [0.5, 0.6) is 0 Å². The second-order valence-corrected chi connectivity index (χ2v) is 6.27.